The predicted molar refractivity (Wildman–Crippen MR) is 107 cm³/mol. The van der Waals surface area contributed by atoms with Crippen molar-refractivity contribution in [2.75, 3.05) is 0 Å². The van der Waals surface area contributed by atoms with Gasteiger partial charge in [0.15, 0.2) is 0 Å². The summed E-state index contributed by atoms with van der Waals surface area (Å²) in [6, 6.07) is 15.6. The Labute approximate surface area is 151 Å². The van der Waals surface area contributed by atoms with Crippen molar-refractivity contribution in [2.45, 2.75) is 58.3 Å². The Morgan fingerprint density at radius 3 is 2.52 bits per heavy atom. The van der Waals surface area contributed by atoms with Gasteiger partial charge >= 0.3 is 0 Å². The summed E-state index contributed by atoms with van der Waals surface area (Å²) in [5.41, 5.74) is 7.13. The topological polar surface area (TPSA) is 12.9 Å². The van der Waals surface area contributed by atoms with Crippen molar-refractivity contribution in [1.29, 1.82) is 0 Å². The minimum Gasteiger partial charge on any atom is -0.256 e. The molecule has 0 fully saturated rings. The third-order valence-electron chi connectivity index (χ3n) is 5.73. The van der Waals surface area contributed by atoms with Gasteiger partial charge in [0.05, 0.1) is 5.69 Å². The summed E-state index contributed by atoms with van der Waals surface area (Å²) >= 11 is 0. The maximum atomic E-state index is 4.82. The van der Waals surface area contributed by atoms with Gasteiger partial charge in [-0.2, -0.15) is 0 Å². The van der Waals surface area contributed by atoms with Gasteiger partial charge in [-0.25, -0.2) is 0 Å². The van der Waals surface area contributed by atoms with E-state index in [4.69, 9.17) is 4.98 Å². The molecule has 1 aliphatic rings. The summed E-state index contributed by atoms with van der Waals surface area (Å²) in [6.45, 7) is 11.6. The van der Waals surface area contributed by atoms with Gasteiger partial charge in [-0.05, 0) is 69.3 Å². The lowest BCUT2D eigenvalue weighted by Crippen LogP contribution is -2.13. The molecule has 0 atom stereocenters. The van der Waals surface area contributed by atoms with Crippen LogP contribution in [-0.2, 0) is 17.3 Å². The molecule has 0 saturated carbocycles. The monoisotopic (exact) mass is 329 g/mol. The van der Waals surface area contributed by atoms with Crippen molar-refractivity contribution in [1.82, 2.24) is 4.98 Å². The molecule has 0 radical (unpaired) electrons. The molecule has 0 bridgehead atoms. The lowest BCUT2D eigenvalue weighted by atomic mass is 9.81. The highest BCUT2D eigenvalue weighted by Gasteiger charge is 2.32. The van der Waals surface area contributed by atoms with Crippen LogP contribution in [0.4, 0.5) is 0 Å². The van der Waals surface area contributed by atoms with Gasteiger partial charge in [-0.1, -0.05) is 58.9 Å². The molecule has 128 valence electrons. The van der Waals surface area contributed by atoms with Crippen LogP contribution in [0.2, 0.25) is 0 Å². The normalized spacial score (nSPS) is 16.2. The lowest BCUT2D eigenvalue weighted by Gasteiger charge is -2.23. The van der Waals surface area contributed by atoms with Crippen LogP contribution in [0.5, 0.6) is 0 Å². The SMILES string of the molecule is CC(C)(C)c1cc(-c2nccc3c2CCC3(C)C)cc2ccccc12. The largest absolute Gasteiger partial charge is 0.256 e. The van der Waals surface area contributed by atoms with E-state index in [1.807, 2.05) is 6.20 Å². The Morgan fingerprint density at radius 1 is 1.00 bits per heavy atom. The molecule has 4 rings (SSSR count). The minimum absolute atomic E-state index is 0.104. The second-order valence-corrected chi connectivity index (χ2v) is 9.06. The summed E-state index contributed by atoms with van der Waals surface area (Å²) in [6.07, 6.45) is 4.33. The Morgan fingerprint density at radius 2 is 1.76 bits per heavy atom. The van der Waals surface area contributed by atoms with E-state index in [-0.39, 0.29) is 10.8 Å². The fraction of sp³-hybridized carbons (Fsp3) is 0.375. The van der Waals surface area contributed by atoms with E-state index in [0.717, 1.165) is 6.42 Å². The van der Waals surface area contributed by atoms with Crippen molar-refractivity contribution < 1.29 is 0 Å². The summed E-state index contributed by atoms with van der Waals surface area (Å²) in [7, 11) is 0. The first-order valence-corrected chi connectivity index (χ1v) is 9.29. The fourth-order valence-corrected chi connectivity index (χ4v) is 4.27. The lowest BCUT2D eigenvalue weighted by molar-refractivity contribution is 0.522. The number of aromatic nitrogens is 1. The van der Waals surface area contributed by atoms with Crippen LogP contribution in [0.25, 0.3) is 22.0 Å². The van der Waals surface area contributed by atoms with Gasteiger partial charge in [0.1, 0.15) is 0 Å². The number of hydrogen-bond acceptors (Lipinski definition) is 1. The zero-order valence-electron chi connectivity index (χ0n) is 16.0. The molecule has 1 heteroatoms. The summed E-state index contributed by atoms with van der Waals surface area (Å²) in [5, 5.41) is 2.66. The maximum Gasteiger partial charge on any atom is 0.0737 e. The molecule has 0 amide bonds. The number of benzene rings is 2. The Bertz CT molecular complexity index is 957. The number of hydrogen-bond donors (Lipinski definition) is 0. The van der Waals surface area contributed by atoms with Gasteiger partial charge in [0.25, 0.3) is 0 Å². The average molecular weight is 329 g/mol. The summed E-state index contributed by atoms with van der Waals surface area (Å²) in [4.78, 5) is 4.82. The Hall–Kier alpha value is -2.15. The maximum absolute atomic E-state index is 4.82. The van der Waals surface area contributed by atoms with E-state index in [1.54, 1.807) is 0 Å². The average Bonchev–Trinajstić information content (AvgIpc) is 2.88. The molecular weight excluding hydrogens is 302 g/mol. The molecule has 0 aliphatic heterocycles. The first-order chi connectivity index (χ1) is 11.8. The van der Waals surface area contributed by atoms with E-state index in [1.165, 1.54) is 45.1 Å². The second-order valence-electron chi connectivity index (χ2n) is 9.06. The van der Waals surface area contributed by atoms with Crippen molar-refractivity contribution in [3.05, 3.63) is 65.4 Å². The van der Waals surface area contributed by atoms with Crippen molar-refractivity contribution in [3.8, 4) is 11.3 Å². The van der Waals surface area contributed by atoms with Crippen LogP contribution in [-0.4, -0.2) is 4.98 Å². The number of nitrogens with zero attached hydrogens (tertiary/aromatic N) is 1. The molecule has 2 aromatic carbocycles. The van der Waals surface area contributed by atoms with Crippen molar-refractivity contribution in [2.24, 2.45) is 0 Å². The van der Waals surface area contributed by atoms with Gasteiger partial charge in [-0.15, -0.1) is 0 Å². The molecule has 1 heterocycles. The van der Waals surface area contributed by atoms with E-state index in [9.17, 15) is 0 Å². The van der Waals surface area contributed by atoms with Crippen LogP contribution in [0, 0.1) is 0 Å². The van der Waals surface area contributed by atoms with Gasteiger partial charge in [0.2, 0.25) is 0 Å². The Balaban J connectivity index is 2.00. The van der Waals surface area contributed by atoms with Gasteiger partial charge in [0, 0.05) is 11.8 Å². The van der Waals surface area contributed by atoms with Crippen LogP contribution < -0.4 is 0 Å². The minimum atomic E-state index is 0.104. The molecule has 1 nitrogen and oxygen atoms in total. The van der Waals surface area contributed by atoms with E-state index < -0.39 is 0 Å². The van der Waals surface area contributed by atoms with Crippen LogP contribution in [0.3, 0.4) is 0 Å². The molecule has 0 saturated heterocycles. The van der Waals surface area contributed by atoms with Crippen LogP contribution in [0.15, 0.2) is 48.7 Å². The molecular formula is C24H27N. The third-order valence-corrected chi connectivity index (χ3v) is 5.73. The second kappa shape index (κ2) is 5.42. The first-order valence-electron chi connectivity index (χ1n) is 9.29. The highest BCUT2D eigenvalue weighted by molar-refractivity contribution is 5.91. The van der Waals surface area contributed by atoms with Crippen LogP contribution in [0.1, 0.15) is 57.7 Å². The summed E-state index contributed by atoms with van der Waals surface area (Å²) in [5.74, 6) is 0. The van der Waals surface area contributed by atoms with E-state index >= 15 is 0 Å². The number of fused-ring (bicyclic) bond motifs is 2. The fourth-order valence-electron chi connectivity index (χ4n) is 4.27. The molecule has 0 spiro atoms. The molecule has 0 unspecified atom stereocenters. The molecule has 0 N–H and O–H groups in total. The standard InChI is InChI=1S/C24H27N/c1-23(2,3)21-15-17(14-16-8-6-7-9-18(16)21)22-19-10-12-24(4,5)20(19)11-13-25-22/h6-9,11,13-15H,10,12H2,1-5H3. The first kappa shape index (κ1) is 16.3. The molecule has 25 heavy (non-hydrogen) atoms. The molecule has 3 aromatic rings. The van der Waals surface area contributed by atoms with E-state index in [0.29, 0.717) is 0 Å². The molecule has 1 aromatic heterocycles. The van der Waals surface area contributed by atoms with Crippen molar-refractivity contribution in [3.63, 3.8) is 0 Å². The highest BCUT2D eigenvalue weighted by Crippen LogP contribution is 2.43. The molecule has 1 aliphatic carbocycles. The zero-order valence-corrected chi connectivity index (χ0v) is 16.0. The predicted octanol–water partition coefficient (Wildman–Crippen LogP) is 6.42. The quantitative estimate of drug-likeness (QED) is 0.502. The zero-order chi connectivity index (χ0) is 17.8. The highest BCUT2D eigenvalue weighted by atomic mass is 14.7. The van der Waals surface area contributed by atoms with Gasteiger partial charge in [-0.3, -0.25) is 4.98 Å². The van der Waals surface area contributed by atoms with Crippen molar-refractivity contribution >= 4 is 10.8 Å². The third kappa shape index (κ3) is 2.66. The number of pyridine rings is 1. The smallest absolute Gasteiger partial charge is 0.0737 e. The van der Waals surface area contributed by atoms with E-state index in [2.05, 4.69) is 77.1 Å². The number of rotatable bonds is 1. The summed E-state index contributed by atoms with van der Waals surface area (Å²) < 4.78 is 0. The van der Waals surface area contributed by atoms with Gasteiger partial charge < -0.3 is 0 Å². The van der Waals surface area contributed by atoms with Crippen LogP contribution >= 0.6 is 0 Å². The Kier molecular flexibility index (Phi) is 3.54.